The van der Waals surface area contributed by atoms with Gasteiger partial charge in [0.05, 0.1) is 17.3 Å². The van der Waals surface area contributed by atoms with Crippen molar-refractivity contribution in [2.75, 3.05) is 25.0 Å². The Morgan fingerprint density at radius 1 is 1.05 bits per heavy atom. The highest BCUT2D eigenvalue weighted by Gasteiger charge is 2.29. The number of aromatic nitrogens is 3. The van der Waals surface area contributed by atoms with Crippen LogP contribution in [0.4, 0.5) is 24.7 Å². The second-order valence-corrected chi connectivity index (χ2v) is 9.80. The molecule has 5 rings (SSSR count). The topological polar surface area (TPSA) is 91.0 Å². The Morgan fingerprint density at radius 2 is 1.72 bits per heavy atom. The van der Waals surface area contributed by atoms with Crippen molar-refractivity contribution in [2.24, 2.45) is 5.92 Å². The molecule has 0 spiro atoms. The van der Waals surface area contributed by atoms with Gasteiger partial charge in [0.1, 0.15) is 28.3 Å². The third kappa shape index (κ3) is 4.89. The molecular formula is C27H23ClF3N5O3. The first-order valence-corrected chi connectivity index (χ1v) is 12.5. The number of carbonyl (C=O) groups excluding carboxylic acids is 1. The van der Waals surface area contributed by atoms with Gasteiger partial charge in [0.15, 0.2) is 11.3 Å². The Morgan fingerprint density at radius 3 is 2.33 bits per heavy atom. The molecule has 39 heavy (non-hydrogen) atoms. The van der Waals surface area contributed by atoms with Gasteiger partial charge in [-0.15, -0.1) is 0 Å². The number of rotatable bonds is 5. The summed E-state index contributed by atoms with van der Waals surface area (Å²) in [5.74, 6) is -3.98. The van der Waals surface area contributed by atoms with Crippen LogP contribution in [0, 0.1) is 30.3 Å². The molecule has 1 fully saturated rings. The fraction of sp³-hybridized carbons (Fsp3) is 0.259. The predicted molar refractivity (Wildman–Crippen MR) is 139 cm³/mol. The quantitative estimate of drug-likeness (QED) is 0.327. The Bertz CT molecular complexity index is 1570. The second-order valence-electron chi connectivity index (χ2n) is 9.42. The van der Waals surface area contributed by atoms with Gasteiger partial charge in [-0.1, -0.05) is 23.7 Å². The molecule has 3 heterocycles. The first kappa shape index (κ1) is 26.5. The maximum Gasteiger partial charge on any atom is 0.306 e. The summed E-state index contributed by atoms with van der Waals surface area (Å²) in [6.45, 7) is 2.25. The minimum atomic E-state index is -0.970. The number of amides is 1. The number of hydrogen-bond donors (Lipinski definition) is 1. The first-order chi connectivity index (χ1) is 18.5. The smallest absolute Gasteiger partial charge is 0.306 e. The Hall–Kier alpha value is -4.12. The molecule has 0 saturated carbocycles. The zero-order valence-electron chi connectivity index (χ0n) is 21.0. The van der Waals surface area contributed by atoms with Crippen LogP contribution in [0.25, 0.3) is 16.9 Å². The second kappa shape index (κ2) is 10.2. The fourth-order valence-corrected chi connectivity index (χ4v) is 4.92. The van der Waals surface area contributed by atoms with Crippen LogP contribution in [0.3, 0.4) is 0 Å². The molecule has 1 saturated heterocycles. The van der Waals surface area contributed by atoms with Crippen molar-refractivity contribution in [3.63, 3.8) is 0 Å². The molecule has 0 bridgehead atoms. The van der Waals surface area contributed by atoms with Crippen LogP contribution in [0.5, 0.6) is 0 Å². The van der Waals surface area contributed by atoms with Crippen molar-refractivity contribution in [1.82, 2.24) is 19.5 Å². The van der Waals surface area contributed by atoms with Crippen molar-refractivity contribution < 1.29 is 27.9 Å². The molecule has 0 unspecified atom stereocenters. The van der Waals surface area contributed by atoms with Gasteiger partial charge in [-0.25, -0.2) is 18.2 Å². The van der Waals surface area contributed by atoms with Crippen molar-refractivity contribution in [1.29, 1.82) is 0 Å². The Balaban J connectivity index is 1.63. The van der Waals surface area contributed by atoms with Gasteiger partial charge in [0.25, 0.3) is 5.91 Å². The fourth-order valence-electron chi connectivity index (χ4n) is 4.81. The summed E-state index contributed by atoms with van der Waals surface area (Å²) < 4.78 is 44.9. The molecule has 0 radical (unpaired) electrons. The molecule has 1 aliphatic heterocycles. The van der Waals surface area contributed by atoms with Gasteiger partial charge in [0, 0.05) is 37.8 Å². The number of carbonyl (C=O) groups is 2. The number of nitrogens with zero attached hydrogens (tertiary/aromatic N) is 5. The van der Waals surface area contributed by atoms with Gasteiger partial charge in [-0.05, 0) is 43.5 Å². The number of hydrogen-bond acceptors (Lipinski definition) is 5. The van der Waals surface area contributed by atoms with Gasteiger partial charge < -0.3 is 14.9 Å². The van der Waals surface area contributed by atoms with E-state index in [0.29, 0.717) is 18.4 Å². The van der Waals surface area contributed by atoms with Crippen LogP contribution in [0.15, 0.2) is 42.5 Å². The number of benzene rings is 2. The predicted octanol–water partition coefficient (Wildman–Crippen LogP) is 5.48. The number of piperidine rings is 1. The van der Waals surface area contributed by atoms with E-state index in [2.05, 4.69) is 10.1 Å². The molecule has 1 N–H and O–H groups in total. The van der Waals surface area contributed by atoms with E-state index in [4.69, 9.17) is 11.6 Å². The van der Waals surface area contributed by atoms with E-state index in [1.54, 1.807) is 26.1 Å². The molecular weight excluding hydrogens is 535 g/mol. The summed E-state index contributed by atoms with van der Waals surface area (Å²) in [6.07, 6.45) is 0.649. The highest BCUT2D eigenvalue weighted by molar-refractivity contribution is 6.31. The van der Waals surface area contributed by atoms with E-state index in [1.807, 2.05) is 0 Å². The lowest BCUT2D eigenvalue weighted by atomic mass is 9.97. The highest BCUT2D eigenvalue weighted by Crippen LogP contribution is 2.34. The summed E-state index contributed by atoms with van der Waals surface area (Å²) >= 11 is 5.66. The van der Waals surface area contributed by atoms with E-state index < -0.39 is 40.3 Å². The minimum Gasteiger partial charge on any atom is -0.481 e. The van der Waals surface area contributed by atoms with Gasteiger partial charge in [0.2, 0.25) is 0 Å². The SMILES string of the molecule is Cc1cccc(F)c1N(C)c1cc(-c2cc(F)c(Cl)c(F)c2)nc2cc(C(=O)N3CCC(C(=O)O)CC3)nn12. The zero-order chi connectivity index (χ0) is 28.0. The number of likely N-dealkylation sites (tertiary alicyclic amines) is 1. The number of anilines is 2. The summed E-state index contributed by atoms with van der Waals surface area (Å²) in [7, 11) is 1.60. The van der Waals surface area contributed by atoms with Gasteiger partial charge >= 0.3 is 5.97 Å². The van der Waals surface area contributed by atoms with Crippen LogP contribution >= 0.6 is 11.6 Å². The van der Waals surface area contributed by atoms with Crippen LogP contribution in [-0.4, -0.2) is 56.6 Å². The average Bonchev–Trinajstić information content (AvgIpc) is 3.34. The van der Waals surface area contributed by atoms with Crippen molar-refractivity contribution >= 4 is 40.6 Å². The molecule has 4 aromatic rings. The highest BCUT2D eigenvalue weighted by atomic mass is 35.5. The van der Waals surface area contributed by atoms with Crippen LogP contribution in [0.1, 0.15) is 28.9 Å². The number of aryl methyl sites for hydroxylation is 1. The summed E-state index contributed by atoms with van der Waals surface area (Å²) in [5.41, 5.74) is 1.32. The number of carboxylic acid groups (broad SMARTS) is 1. The van der Waals surface area contributed by atoms with Crippen molar-refractivity contribution in [3.8, 4) is 11.3 Å². The van der Waals surface area contributed by atoms with Crippen LogP contribution in [-0.2, 0) is 4.79 Å². The molecule has 2 aromatic carbocycles. The average molecular weight is 558 g/mol. The Labute approximate surface area is 226 Å². The third-order valence-corrected chi connectivity index (χ3v) is 7.27. The molecule has 1 amide bonds. The molecule has 2 aromatic heterocycles. The number of carboxylic acids is 1. The maximum atomic E-state index is 14.9. The largest absolute Gasteiger partial charge is 0.481 e. The van der Waals surface area contributed by atoms with Crippen LogP contribution < -0.4 is 4.90 Å². The van der Waals surface area contributed by atoms with E-state index in [0.717, 1.165) is 12.1 Å². The lowest BCUT2D eigenvalue weighted by Gasteiger charge is -2.29. The molecule has 1 aliphatic rings. The molecule has 0 aliphatic carbocycles. The number of aliphatic carboxylic acids is 1. The van der Waals surface area contributed by atoms with Crippen molar-refractivity contribution in [2.45, 2.75) is 19.8 Å². The van der Waals surface area contributed by atoms with E-state index in [-0.39, 0.29) is 47.2 Å². The Kier molecular flexibility index (Phi) is 6.94. The standard InChI is InChI=1S/C27H23ClF3N5O3/c1-14-4-3-5-17(29)25(14)34(2)23-13-20(16-10-18(30)24(28)19(31)11-16)32-22-12-21(33-36(22)23)26(37)35-8-6-15(7-9-35)27(38)39/h3-5,10-13,15H,6-9H2,1-2H3,(H,38,39). The van der Waals surface area contributed by atoms with Gasteiger partial charge in [-0.3, -0.25) is 9.59 Å². The summed E-state index contributed by atoms with van der Waals surface area (Å²) in [5, 5.41) is 13.0. The normalized spacial score (nSPS) is 14.2. The minimum absolute atomic E-state index is 0.0433. The van der Waals surface area contributed by atoms with E-state index in [1.165, 1.54) is 32.5 Å². The lowest BCUT2D eigenvalue weighted by Crippen LogP contribution is -2.40. The maximum absolute atomic E-state index is 14.9. The third-order valence-electron chi connectivity index (χ3n) is 6.91. The first-order valence-electron chi connectivity index (χ1n) is 12.1. The molecule has 202 valence electrons. The molecule has 0 atom stereocenters. The number of fused-ring (bicyclic) bond motifs is 1. The monoisotopic (exact) mass is 557 g/mol. The van der Waals surface area contributed by atoms with E-state index in [9.17, 15) is 27.9 Å². The van der Waals surface area contributed by atoms with Crippen LogP contribution in [0.2, 0.25) is 5.02 Å². The number of halogens is 4. The molecule has 8 nitrogen and oxygen atoms in total. The van der Waals surface area contributed by atoms with Gasteiger partial charge in [-0.2, -0.15) is 9.61 Å². The lowest BCUT2D eigenvalue weighted by molar-refractivity contribution is -0.143. The number of para-hydroxylation sites is 1. The zero-order valence-corrected chi connectivity index (χ0v) is 21.7. The van der Waals surface area contributed by atoms with Crippen molar-refractivity contribution in [3.05, 3.63) is 76.2 Å². The summed E-state index contributed by atoms with van der Waals surface area (Å²) in [6, 6.07) is 9.61. The van der Waals surface area contributed by atoms with E-state index >= 15 is 0 Å². The molecule has 12 heteroatoms. The summed E-state index contributed by atoms with van der Waals surface area (Å²) in [4.78, 5) is 32.1.